The Kier molecular flexibility index (Phi) is 8.77. The summed E-state index contributed by atoms with van der Waals surface area (Å²) in [5, 5.41) is 9.19. The van der Waals surface area contributed by atoms with Gasteiger partial charge in [-0.3, -0.25) is 0 Å². The topological polar surface area (TPSA) is 81.2 Å². The first kappa shape index (κ1) is 12.5. The molecule has 2 atom stereocenters. The van der Waals surface area contributed by atoms with Gasteiger partial charge < -0.3 is 17.0 Å². The summed E-state index contributed by atoms with van der Waals surface area (Å²) in [4.78, 5) is 0. The molecule has 0 saturated heterocycles. The zero-order valence-corrected chi connectivity index (χ0v) is 7.01. The highest BCUT2D eigenvalue weighted by atomic mass is 16.3. The van der Waals surface area contributed by atoms with E-state index in [4.69, 9.17) is 5.73 Å². The summed E-state index contributed by atoms with van der Waals surface area (Å²) >= 11 is 0. The van der Waals surface area contributed by atoms with Crippen molar-refractivity contribution in [1.29, 1.82) is 0 Å². The van der Waals surface area contributed by atoms with Crippen molar-refractivity contribution >= 4 is 0 Å². The summed E-state index contributed by atoms with van der Waals surface area (Å²) in [6.45, 7) is 4.04. The lowest BCUT2D eigenvalue weighted by molar-refractivity contribution is 0.132. The lowest BCUT2D eigenvalue weighted by Gasteiger charge is -2.15. The predicted molar refractivity (Wildman–Crippen MR) is 44.2 cm³/mol. The Balaban J connectivity index is 0. The SMILES string of the molecule is CCCC(O)C(N)CC.N. The molecule has 10 heavy (non-hydrogen) atoms. The molecule has 0 bridgehead atoms. The monoisotopic (exact) mass is 148 g/mol. The summed E-state index contributed by atoms with van der Waals surface area (Å²) in [7, 11) is 0. The molecule has 0 aliphatic heterocycles. The standard InChI is InChI=1S/C7H17NO.H3N/c1-3-5-7(9)6(8)4-2;/h6-7,9H,3-5,8H2,1-2H3;1H3. The molecule has 0 aromatic carbocycles. The van der Waals surface area contributed by atoms with Crippen molar-refractivity contribution in [2.75, 3.05) is 0 Å². The zero-order valence-electron chi connectivity index (χ0n) is 7.01. The highest BCUT2D eigenvalue weighted by Gasteiger charge is 2.09. The van der Waals surface area contributed by atoms with Crippen molar-refractivity contribution < 1.29 is 5.11 Å². The normalized spacial score (nSPS) is 15.6. The minimum Gasteiger partial charge on any atom is -0.392 e. The van der Waals surface area contributed by atoms with Crippen molar-refractivity contribution in [2.24, 2.45) is 5.73 Å². The van der Waals surface area contributed by atoms with Gasteiger partial charge in [-0.2, -0.15) is 0 Å². The molecule has 2 unspecified atom stereocenters. The number of rotatable bonds is 4. The van der Waals surface area contributed by atoms with Crippen molar-refractivity contribution in [3.8, 4) is 0 Å². The predicted octanol–water partition coefficient (Wildman–Crippen LogP) is 1.05. The van der Waals surface area contributed by atoms with E-state index >= 15 is 0 Å². The van der Waals surface area contributed by atoms with Gasteiger partial charge in [0.25, 0.3) is 0 Å². The fourth-order valence-electron chi connectivity index (χ4n) is 0.782. The number of aliphatic hydroxyl groups excluding tert-OH is 1. The smallest absolute Gasteiger partial charge is 0.0690 e. The summed E-state index contributed by atoms with van der Waals surface area (Å²) in [5.74, 6) is 0. The molecule has 0 spiro atoms. The molecule has 0 fully saturated rings. The van der Waals surface area contributed by atoms with Gasteiger partial charge in [0.15, 0.2) is 0 Å². The van der Waals surface area contributed by atoms with Gasteiger partial charge in [0.05, 0.1) is 6.10 Å². The lowest BCUT2D eigenvalue weighted by Crippen LogP contribution is -2.33. The summed E-state index contributed by atoms with van der Waals surface area (Å²) in [5.41, 5.74) is 5.55. The fraction of sp³-hybridized carbons (Fsp3) is 1.00. The zero-order chi connectivity index (χ0) is 7.28. The van der Waals surface area contributed by atoms with Crippen LogP contribution in [0.5, 0.6) is 0 Å². The number of aliphatic hydroxyl groups is 1. The van der Waals surface area contributed by atoms with Crippen molar-refractivity contribution in [2.45, 2.75) is 45.3 Å². The van der Waals surface area contributed by atoms with E-state index < -0.39 is 0 Å². The molecule has 0 aromatic rings. The maximum absolute atomic E-state index is 9.19. The quantitative estimate of drug-likeness (QED) is 0.557. The van der Waals surface area contributed by atoms with Gasteiger partial charge in [-0.05, 0) is 12.8 Å². The highest BCUT2D eigenvalue weighted by molar-refractivity contribution is 4.68. The van der Waals surface area contributed by atoms with Crippen LogP contribution in [-0.2, 0) is 0 Å². The molecule has 6 N–H and O–H groups in total. The second kappa shape index (κ2) is 6.99. The maximum atomic E-state index is 9.19. The maximum Gasteiger partial charge on any atom is 0.0690 e. The molecular formula is C7H20N2O. The van der Waals surface area contributed by atoms with Crippen LogP contribution in [-0.4, -0.2) is 17.3 Å². The van der Waals surface area contributed by atoms with E-state index in [0.717, 1.165) is 19.3 Å². The van der Waals surface area contributed by atoms with Gasteiger partial charge in [0, 0.05) is 6.04 Å². The van der Waals surface area contributed by atoms with E-state index in [2.05, 4.69) is 0 Å². The van der Waals surface area contributed by atoms with Crippen LogP contribution in [0, 0.1) is 0 Å². The number of nitrogens with two attached hydrogens (primary N) is 1. The van der Waals surface area contributed by atoms with Crippen LogP contribution in [0.25, 0.3) is 0 Å². The molecule has 0 aliphatic rings. The molecule has 0 aliphatic carbocycles. The van der Waals surface area contributed by atoms with Crippen LogP contribution in [0.1, 0.15) is 33.1 Å². The Morgan fingerprint density at radius 3 is 2.20 bits per heavy atom. The first-order valence-corrected chi connectivity index (χ1v) is 3.66. The number of hydrogen-bond acceptors (Lipinski definition) is 3. The third kappa shape index (κ3) is 4.73. The first-order chi connectivity index (χ1) is 4.22. The Morgan fingerprint density at radius 1 is 1.40 bits per heavy atom. The van der Waals surface area contributed by atoms with Crippen LogP contribution < -0.4 is 11.9 Å². The van der Waals surface area contributed by atoms with E-state index in [0.29, 0.717) is 0 Å². The van der Waals surface area contributed by atoms with Crippen LogP contribution in [0.15, 0.2) is 0 Å². The molecule has 3 heteroatoms. The summed E-state index contributed by atoms with van der Waals surface area (Å²) in [6.07, 6.45) is 2.41. The largest absolute Gasteiger partial charge is 0.392 e. The first-order valence-electron chi connectivity index (χ1n) is 3.66. The molecule has 0 saturated carbocycles. The second-order valence-corrected chi connectivity index (χ2v) is 2.43. The lowest BCUT2D eigenvalue weighted by atomic mass is 10.1. The fourth-order valence-corrected chi connectivity index (χ4v) is 0.782. The minimum absolute atomic E-state index is 0. The van der Waals surface area contributed by atoms with Crippen LogP contribution in [0.2, 0.25) is 0 Å². The summed E-state index contributed by atoms with van der Waals surface area (Å²) in [6, 6.07) is -0.0232. The van der Waals surface area contributed by atoms with Crippen LogP contribution in [0.3, 0.4) is 0 Å². The third-order valence-electron chi connectivity index (χ3n) is 1.55. The molecule has 3 nitrogen and oxygen atoms in total. The molecule has 0 amide bonds. The van der Waals surface area contributed by atoms with Crippen LogP contribution in [0.4, 0.5) is 0 Å². The van der Waals surface area contributed by atoms with Gasteiger partial charge in [-0.15, -0.1) is 0 Å². The molecule has 0 heterocycles. The number of hydrogen-bond donors (Lipinski definition) is 3. The average molecular weight is 148 g/mol. The van der Waals surface area contributed by atoms with Crippen molar-refractivity contribution in [3.05, 3.63) is 0 Å². The van der Waals surface area contributed by atoms with Gasteiger partial charge >= 0.3 is 0 Å². The van der Waals surface area contributed by atoms with E-state index in [9.17, 15) is 5.11 Å². The van der Waals surface area contributed by atoms with E-state index in [1.54, 1.807) is 0 Å². The Hall–Kier alpha value is -0.120. The minimum atomic E-state index is -0.292. The van der Waals surface area contributed by atoms with Crippen LogP contribution >= 0.6 is 0 Å². The second-order valence-electron chi connectivity index (χ2n) is 2.43. The molecule has 64 valence electrons. The van der Waals surface area contributed by atoms with E-state index in [-0.39, 0.29) is 18.3 Å². The molecule has 0 rings (SSSR count). The molecule has 0 aromatic heterocycles. The average Bonchev–Trinajstić information content (AvgIpc) is 1.87. The molecular weight excluding hydrogens is 128 g/mol. The highest BCUT2D eigenvalue weighted by Crippen LogP contribution is 2.01. The Bertz CT molecular complexity index is 68.6. The van der Waals surface area contributed by atoms with E-state index in [1.807, 2.05) is 13.8 Å². The van der Waals surface area contributed by atoms with Gasteiger partial charge in [0.2, 0.25) is 0 Å². The van der Waals surface area contributed by atoms with Gasteiger partial charge in [-0.1, -0.05) is 20.3 Å². The summed E-state index contributed by atoms with van der Waals surface area (Å²) < 4.78 is 0. The Morgan fingerprint density at radius 2 is 1.90 bits per heavy atom. The van der Waals surface area contributed by atoms with Gasteiger partial charge in [-0.25, -0.2) is 0 Å². The van der Waals surface area contributed by atoms with Crippen molar-refractivity contribution in [3.63, 3.8) is 0 Å². The molecule has 0 radical (unpaired) electrons. The Labute approximate surface area is 63.2 Å². The third-order valence-corrected chi connectivity index (χ3v) is 1.55. The van der Waals surface area contributed by atoms with Crippen molar-refractivity contribution in [1.82, 2.24) is 6.15 Å². The van der Waals surface area contributed by atoms with Gasteiger partial charge in [0.1, 0.15) is 0 Å². The van der Waals surface area contributed by atoms with E-state index in [1.165, 1.54) is 0 Å².